The molecule has 2 heterocycles. The summed E-state index contributed by atoms with van der Waals surface area (Å²) < 4.78 is 40.4. The maximum atomic E-state index is 13.8. The van der Waals surface area contributed by atoms with Gasteiger partial charge >= 0.3 is 0 Å². The van der Waals surface area contributed by atoms with Crippen molar-refractivity contribution in [2.24, 2.45) is 5.41 Å². The maximum Gasteiger partial charge on any atom is 0.247 e. The Morgan fingerprint density at radius 1 is 1.33 bits per heavy atom. The minimum atomic E-state index is -2.98. The van der Waals surface area contributed by atoms with E-state index in [1.54, 1.807) is 0 Å². The monoisotopic (exact) mass is 298 g/mol. The van der Waals surface area contributed by atoms with Gasteiger partial charge in [-0.3, -0.25) is 9.69 Å². The Labute approximate surface area is 120 Å². The van der Waals surface area contributed by atoms with Gasteiger partial charge in [-0.15, -0.1) is 6.04 Å². The van der Waals surface area contributed by atoms with Crippen molar-refractivity contribution in [3.63, 3.8) is 0 Å². The zero-order valence-corrected chi connectivity index (χ0v) is 11.3. The summed E-state index contributed by atoms with van der Waals surface area (Å²) in [5.74, 6) is -3.64. The lowest BCUT2D eigenvalue weighted by Gasteiger charge is -2.42. The largest absolute Gasteiger partial charge is 0.674 e. The summed E-state index contributed by atoms with van der Waals surface area (Å²) in [4.78, 5) is 17.7. The van der Waals surface area contributed by atoms with Gasteiger partial charge in [-0.1, -0.05) is 6.42 Å². The molecule has 21 heavy (non-hydrogen) atoms. The highest BCUT2D eigenvalue weighted by molar-refractivity contribution is 5.99. The quantitative estimate of drug-likeness (QED) is 0.799. The molecular formula is C14H15F3N3O-. The molecule has 1 spiro atoms. The first-order valence-corrected chi connectivity index (χ1v) is 6.84. The van der Waals surface area contributed by atoms with Gasteiger partial charge in [0.1, 0.15) is 11.6 Å². The number of hydrogen-bond acceptors (Lipinski definition) is 2. The zero-order chi connectivity index (χ0) is 15.3. The van der Waals surface area contributed by atoms with Crippen LogP contribution in [0.15, 0.2) is 18.3 Å². The first-order valence-electron chi connectivity index (χ1n) is 6.84. The molecule has 2 fully saturated rings. The van der Waals surface area contributed by atoms with Crippen LogP contribution in [0.5, 0.6) is 0 Å². The van der Waals surface area contributed by atoms with Crippen LogP contribution in [0.3, 0.4) is 0 Å². The number of nitrogens with zero attached hydrogens (tertiary/aromatic N) is 2. The van der Waals surface area contributed by atoms with E-state index in [2.05, 4.69) is 4.98 Å². The topological polar surface area (TPSA) is 57.0 Å². The van der Waals surface area contributed by atoms with Crippen LogP contribution in [0.2, 0.25) is 0 Å². The van der Waals surface area contributed by atoms with E-state index in [-0.39, 0.29) is 25.2 Å². The molecular weight excluding hydrogens is 283 g/mol. The number of halogens is 3. The summed E-state index contributed by atoms with van der Waals surface area (Å²) in [6, 6.07) is 1.62. The van der Waals surface area contributed by atoms with Crippen LogP contribution in [0.25, 0.3) is 5.73 Å². The summed E-state index contributed by atoms with van der Waals surface area (Å²) in [7, 11) is 0. The molecule has 0 bridgehead atoms. The molecule has 1 amide bonds. The molecule has 114 valence electrons. The number of carbonyl (C=O) groups excluding carboxylic acids is 1. The number of alkyl halides is 2. The standard InChI is InChI=1S/C14H15F3N3O/c15-9-1-2-11(19-7-9)20-4-3-13(12(20)21)5-10(18)6-14(16,17)8-13/h1-2,7,10,18H,3-6,8H2/q-1/t10-,13+/m1/s1. The SMILES string of the molecule is [NH-][C@H]1CC(F)(F)C[C@]2(CCN(c3ccc(F)cn3)C2=O)C1. The third-order valence-corrected chi connectivity index (χ3v) is 4.28. The van der Waals surface area contributed by atoms with Crippen molar-refractivity contribution in [1.82, 2.24) is 4.98 Å². The van der Waals surface area contributed by atoms with Crippen molar-refractivity contribution in [3.05, 3.63) is 29.9 Å². The molecule has 1 aromatic heterocycles. The molecule has 3 rings (SSSR count). The first kappa shape index (κ1) is 14.3. The van der Waals surface area contributed by atoms with E-state index in [4.69, 9.17) is 5.73 Å². The highest BCUT2D eigenvalue weighted by Crippen LogP contribution is 2.51. The second-order valence-electron chi connectivity index (χ2n) is 5.96. The minimum Gasteiger partial charge on any atom is -0.674 e. The molecule has 2 aliphatic rings. The second kappa shape index (κ2) is 4.69. The van der Waals surface area contributed by atoms with Crippen molar-refractivity contribution in [1.29, 1.82) is 0 Å². The Bertz CT molecular complexity index is 563. The predicted molar refractivity (Wildman–Crippen MR) is 70.5 cm³/mol. The van der Waals surface area contributed by atoms with Crippen LogP contribution < -0.4 is 4.90 Å². The third-order valence-electron chi connectivity index (χ3n) is 4.28. The number of aromatic nitrogens is 1. The van der Waals surface area contributed by atoms with E-state index in [1.165, 1.54) is 17.0 Å². The van der Waals surface area contributed by atoms with Gasteiger partial charge in [0, 0.05) is 13.0 Å². The molecule has 7 heteroatoms. The lowest BCUT2D eigenvalue weighted by Crippen LogP contribution is -2.46. The molecule has 1 aromatic rings. The van der Waals surface area contributed by atoms with Crippen LogP contribution >= 0.6 is 0 Å². The van der Waals surface area contributed by atoms with E-state index in [0.29, 0.717) is 0 Å². The molecule has 1 N–H and O–H groups in total. The highest BCUT2D eigenvalue weighted by Gasteiger charge is 2.55. The van der Waals surface area contributed by atoms with Crippen molar-refractivity contribution in [3.8, 4) is 0 Å². The fraction of sp³-hybridized carbons (Fsp3) is 0.571. The first-order chi connectivity index (χ1) is 9.81. The molecule has 0 unspecified atom stereocenters. The average Bonchev–Trinajstić information content (AvgIpc) is 2.65. The Kier molecular flexibility index (Phi) is 3.20. The lowest BCUT2D eigenvalue weighted by molar-refractivity contribution is -0.138. The number of anilines is 1. The second-order valence-corrected chi connectivity index (χ2v) is 5.96. The highest BCUT2D eigenvalue weighted by atomic mass is 19.3. The van der Waals surface area contributed by atoms with Gasteiger partial charge in [-0.2, -0.15) is 0 Å². The van der Waals surface area contributed by atoms with Gasteiger partial charge in [0.05, 0.1) is 11.6 Å². The molecule has 1 aliphatic carbocycles. The molecule has 1 saturated carbocycles. The van der Waals surface area contributed by atoms with E-state index >= 15 is 0 Å². The van der Waals surface area contributed by atoms with E-state index in [9.17, 15) is 18.0 Å². The molecule has 0 radical (unpaired) electrons. The number of hydrogen-bond donors (Lipinski definition) is 0. The van der Waals surface area contributed by atoms with Gasteiger partial charge in [0.2, 0.25) is 11.8 Å². The molecule has 1 saturated heterocycles. The minimum absolute atomic E-state index is 0.152. The van der Waals surface area contributed by atoms with Crippen molar-refractivity contribution < 1.29 is 18.0 Å². The number of nitrogens with one attached hydrogen (secondary N) is 1. The summed E-state index contributed by atoms with van der Waals surface area (Å²) in [6.07, 6.45) is 0.439. The summed E-state index contributed by atoms with van der Waals surface area (Å²) >= 11 is 0. The average molecular weight is 298 g/mol. The Balaban J connectivity index is 1.87. The summed E-state index contributed by atoms with van der Waals surface area (Å²) in [6.45, 7) is 0.278. The summed E-state index contributed by atoms with van der Waals surface area (Å²) in [5.41, 5.74) is 6.51. The number of rotatable bonds is 1. The van der Waals surface area contributed by atoms with Crippen molar-refractivity contribution in [2.75, 3.05) is 11.4 Å². The normalized spacial score (nSPS) is 31.9. The number of amides is 1. The molecule has 4 nitrogen and oxygen atoms in total. The van der Waals surface area contributed by atoms with Gasteiger partial charge in [-0.25, -0.2) is 18.2 Å². The molecule has 0 aromatic carbocycles. The molecule has 1 aliphatic heterocycles. The van der Waals surface area contributed by atoms with Crippen LogP contribution in [0.1, 0.15) is 25.7 Å². The zero-order valence-electron chi connectivity index (χ0n) is 11.3. The van der Waals surface area contributed by atoms with Crippen LogP contribution in [-0.2, 0) is 4.79 Å². The van der Waals surface area contributed by atoms with Crippen LogP contribution in [0, 0.1) is 11.2 Å². The Morgan fingerprint density at radius 2 is 2.10 bits per heavy atom. The third kappa shape index (κ3) is 2.50. The van der Waals surface area contributed by atoms with E-state index in [1.807, 2.05) is 0 Å². The fourth-order valence-electron chi connectivity index (χ4n) is 3.46. The van der Waals surface area contributed by atoms with Gasteiger partial charge < -0.3 is 5.73 Å². The van der Waals surface area contributed by atoms with Crippen LogP contribution in [0.4, 0.5) is 19.0 Å². The number of carbonyl (C=O) groups is 1. The Hall–Kier alpha value is -1.63. The fourth-order valence-corrected chi connectivity index (χ4v) is 3.46. The lowest BCUT2D eigenvalue weighted by atomic mass is 9.69. The van der Waals surface area contributed by atoms with Crippen LogP contribution in [-0.4, -0.2) is 29.4 Å². The number of pyridine rings is 1. The van der Waals surface area contributed by atoms with Gasteiger partial charge in [0.15, 0.2) is 0 Å². The predicted octanol–water partition coefficient (Wildman–Crippen LogP) is 3.18. The van der Waals surface area contributed by atoms with Gasteiger partial charge in [-0.05, 0) is 25.0 Å². The smallest absolute Gasteiger partial charge is 0.247 e. The Morgan fingerprint density at radius 3 is 2.71 bits per heavy atom. The van der Waals surface area contributed by atoms with E-state index < -0.39 is 41.9 Å². The van der Waals surface area contributed by atoms with E-state index in [0.717, 1.165) is 6.20 Å². The maximum absolute atomic E-state index is 13.8. The van der Waals surface area contributed by atoms with Gasteiger partial charge in [0.25, 0.3) is 0 Å². The van der Waals surface area contributed by atoms with Crippen molar-refractivity contribution >= 4 is 11.7 Å². The molecule has 2 atom stereocenters. The van der Waals surface area contributed by atoms with Crippen molar-refractivity contribution in [2.45, 2.75) is 37.6 Å². The summed E-state index contributed by atoms with van der Waals surface area (Å²) in [5, 5.41) is 0.